The summed E-state index contributed by atoms with van der Waals surface area (Å²) in [5.74, 6) is 0.364. The summed E-state index contributed by atoms with van der Waals surface area (Å²) in [5.41, 5.74) is 2.21. The van der Waals surface area contributed by atoms with E-state index >= 15 is 0 Å². The zero-order valence-electron chi connectivity index (χ0n) is 8.03. The van der Waals surface area contributed by atoms with Crippen LogP contribution in [0.4, 0.5) is 0 Å². The summed E-state index contributed by atoms with van der Waals surface area (Å²) in [5, 5.41) is 9.12. The van der Waals surface area contributed by atoms with Crippen LogP contribution in [0, 0.1) is 0 Å². The molecule has 0 aliphatic rings. The third-order valence-corrected chi connectivity index (χ3v) is 2.35. The molecule has 1 atom stereocenters. The lowest BCUT2D eigenvalue weighted by Gasteiger charge is -2.13. The maximum atomic E-state index is 9.12. The highest BCUT2D eigenvalue weighted by atomic mass is 16.3. The highest BCUT2D eigenvalue weighted by Gasteiger charge is 2.08. The van der Waals surface area contributed by atoms with Gasteiger partial charge in [0.1, 0.15) is 0 Å². The molecule has 0 bridgehead atoms. The number of allylic oxidation sites excluding steroid dienone is 1. The van der Waals surface area contributed by atoms with E-state index < -0.39 is 0 Å². The fourth-order valence-corrected chi connectivity index (χ4v) is 1.55. The second kappa shape index (κ2) is 4.83. The van der Waals surface area contributed by atoms with Crippen LogP contribution in [-0.2, 0) is 6.61 Å². The Balaban J connectivity index is 3.03. The van der Waals surface area contributed by atoms with Crippen LogP contribution < -0.4 is 0 Å². The SMILES string of the molecule is C=CC(CC)c1ccccc1CO. The predicted octanol–water partition coefficient (Wildman–Crippen LogP) is 2.86. The molecule has 0 saturated heterocycles. The fraction of sp³-hybridized carbons (Fsp3) is 0.333. The second-order valence-corrected chi connectivity index (χ2v) is 3.11. The molecule has 1 aromatic rings. The highest BCUT2D eigenvalue weighted by molar-refractivity contribution is 5.32. The molecule has 0 aliphatic carbocycles. The normalized spacial score (nSPS) is 12.5. The number of hydrogen-bond donors (Lipinski definition) is 1. The van der Waals surface area contributed by atoms with Crippen molar-refractivity contribution in [1.82, 2.24) is 0 Å². The van der Waals surface area contributed by atoms with Crippen LogP contribution in [0.25, 0.3) is 0 Å². The van der Waals surface area contributed by atoms with Gasteiger partial charge in [-0.15, -0.1) is 6.58 Å². The Morgan fingerprint density at radius 2 is 2.15 bits per heavy atom. The molecule has 1 rings (SSSR count). The van der Waals surface area contributed by atoms with Gasteiger partial charge in [0.15, 0.2) is 0 Å². The molecule has 0 saturated carbocycles. The third kappa shape index (κ3) is 2.19. The van der Waals surface area contributed by atoms with Crippen LogP contribution in [0.5, 0.6) is 0 Å². The molecule has 1 heteroatoms. The summed E-state index contributed by atoms with van der Waals surface area (Å²) in [7, 11) is 0. The molecule has 0 aliphatic heterocycles. The minimum atomic E-state index is 0.112. The van der Waals surface area contributed by atoms with Crippen LogP contribution in [0.15, 0.2) is 36.9 Å². The lowest BCUT2D eigenvalue weighted by molar-refractivity contribution is 0.280. The fourth-order valence-electron chi connectivity index (χ4n) is 1.55. The minimum Gasteiger partial charge on any atom is -0.392 e. The number of aliphatic hydroxyl groups is 1. The summed E-state index contributed by atoms with van der Waals surface area (Å²) < 4.78 is 0. The summed E-state index contributed by atoms with van der Waals surface area (Å²) in [6, 6.07) is 7.97. The standard InChI is InChI=1S/C12H16O/c1-3-10(4-2)12-8-6-5-7-11(12)9-13/h3,5-8,10,13H,1,4,9H2,2H3. The van der Waals surface area contributed by atoms with Gasteiger partial charge in [0.25, 0.3) is 0 Å². The van der Waals surface area contributed by atoms with Gasteiger partial charge < -0.3 is 5.11 Å². The molecule has 0 heterocycles. The van der Waals surface area contributed by atoms with Gasteiger partial charge in [-0.1, -0.05) is 37.3 Å². The van der Waals surface area contributed by atoms with E-state index in [1.165, 1.54) is 5.56 Å². The topological polar surface area (TPSA) is 20.2 Å². The van der Waals surface area contributed by atoms with Gasteiger partial charge in [-0.25, -0.2) is 0 Å². The number of benzene rings is 1. The first-order chi connectivity index (χ1) is 6.33. The van der Waals surface area contributed by atoms with Crippen molar-refractivity contribution in [2.45, 2.75) is 25.9 Å². The Bertz CT molecular complexity index is 278. The first-order valence-corrected chi connectivity index (χ1v) is 4.64. The van der Waals surface area contributed by atoms with Crippen LogP contribution in [-0.4, -0.2) is 5.11 Å². The largest absolute Gasteiger partial charge is 0.392 e. The number of hydrogen-bond acceptors (Lipinski definition) is 1. The maximum Gasteiger partial charge on any atom is 0.0684 e. The molecule has 0 radical (unpaired) electrons. The molecule has 0 amide bonds. The Morgan fingerprint density at radius 3 is 2.69 bits per heavy atom. The van der Waals surface area contributed by atoms with Crippen LogP contribution in [0.2, 0.25) is 0 Å². The van der Waals surface area contributed by atoms with Gasteiger partial charge >= 0.3 is 0 Å². The molecular weight excluding hydrogens is 160 g/mol. The molecule has 1 aromatic carbocycles. The molecule has 0 fully saturated rings. The average molecular weight is 176 g/mol. The zero-order chi connectivity index (χ0) is 9.68. The van der Waals surface area contributed by atoms with Crippen LogP contribution in [0.1, 0.15) is 30.4 Å². The smallest absolute Gasteiger partial charge is 0.0684 e. The van der Waals surface area contributed by atoms with Crippen molar-refractivity contribution in [3.05, 3.63) is 48.0 Å². The van der Waals surface area contributed by atoms with Gasteiger partial charge in [0.05, 0.1) is 6.61 Å². The van der Waals surface area contributed by atoms with Crippen LogP contribution in [0.3, 0.4) is 0 Å². The summed E-state index contributed by atoms with van der Waals surface area (Å²) >= 11 is 0. The first-order valence-electron chi connectivity index (χ1n) is 4.64. The van der Waals surface area contributed by atoms with Crippen molar-refractivity contribution < 1.29 is 5.11 Å². The van der Waals surface area contributed by atoms with E-state index in [9.17, 15) is 0 Å². The van der Waals surface area contributed by atoms with Gasteiger partial charge in [0, 0.05) is 5.92 Å². The van der Waals surface area contributed by atoms with E-state index in [0.29, 0.717) is 5.92 Å². The Morgan fingerprint density at radius 1 is 1.46 bits per heavy atom. The van der Waals surface area contributed by atoms with Crippen molar-refractivity contribution in [3.8, 4) is 0 Å². The molecule has 0 aromatic heterocycles. The summed E-state index contributed by atoms with van der Waals surface area (Å²) in [4.78, 5) is 0. The zero-order valence-corrected chi connectivity index (χ0v) is 8.03. The quantitative estimate of drug-likeness (QED) is 0.699. The average Bonchev–Trinajstić information content (AvgIpc) is 2.20. The first kappa shape index (κ1) is 10.0. The Labute approximate surface area is 79.7 Å². The van der Waals surface area contributed by atoms with Gasteiger partial charge in [-0.3, -0.25) is 0 Å². The molecule has 1 N–H and O–H groups in total. The summed E-state index contributed by atoms with van der Waals surface area (Å²) in [6.45, 7) is 6.04. The lowest BCUT2D eigenvalue weighted by Crippen LogP contribution is -1.98. The molecule has 1 unspecified atom stereocenters. The molecular formula is C12H16O. The number of rotatable bonds is 4. The van der Waals surface area contributed by atoms with E-state index in [4.69, 9.17) is 5.11 Å². The van der Waals surface area contributed by atoms with Gasteiger partial charge in [-0.2, -0.15) is 0 Å². The number of aliphatic hydroxyl groups excluding tert-OH is 1. The Kier molecular flexibility index (Phi) is 3.71. The van der Waals surface area contributed by atoms with E-state index in [0.717, 1.165) is 12.0 Å². The van der Waals surface area contributed by atoms with E-state index in [-0.39, 0.29) is 6.61 Å². The van der Waals surface area contributed by atoms with E-state index in [2.05, 4.69) is 19.6 Å². The predicted molar refractivity (Wildman–Crippen MR) is 55.6 cm³/mol. The molecule has 0 spiro atoms. The molecule has 1 nitrogen and oxygen atoms in total. The van der Waals surface area contributed by atoms with Crippen molar-refractivity contribution >= 4 is 0 Å². The monoisotopic (exact) mass is 176 g/mol. The molecule has 70 valence electrons. The van der Waals surface area contributed by atoms with E-state index in [1.54, 1.807) is 0 Å². The minimum absolute atomic E-state index is 0.112. The van der Waals surface area contributed by atoms with Crippen molar-refractivity contribution in [2.24, 2.45) is 0 Å². The van der Waals surface area contributed by atoms with Gasteiger partial charge in [0.2, 0.25) is 0 Å². The van der Waals surface area contributed by atoms with Crippen molar-refractivity contribution in [3.63, 3.8) is 0 Å². The summed E-state index contributed by atoms with van der Waals surface area (Å²) in [6.07, 6.45) is 2.97. The maximum absolute atomic E-state index is 9.12. The van der Waals surface area contributed by atoms with Gasteiger partial charge in [-0.05, 0) is 17.5 Å². The third-order valence-electron chi connectivity index (χ3n) is 2.35. The van der Waals surface area contributed by atoms with Crippen molar-refractivity contribution in [1.29, 1.82) is 0 Å². The van der Waals surface area contributed by atoms with Crippen molar-refractivity contribution in [2.75, 3.05) is 0 Å². The highest BCUT2D eigenvalue weighted by Crippen LogP contribution is 2.23. The Hall–Kier alpha value is -1.08. The van der Waals surface area contributed by atoms with E-state index in [1.807, 2.05) is 24.3 Å². The lowest BCUT2D eigenvalue weighted by atomic mass is 9.92. The molecule has 13 heavy (non-hydrogen) atoms. The van der Waals surface area contributed by atoms with Crippen LogP contribution >= 0.6 is 0 Å². The second-order valence-electron chi connectivity index (χ2n) is 3.11.